The Morgan fingerprint density at radius 2 is 1.82 bits per heavy atom. The maximum absolute atomic E-state index is 12.0. The third-order valence-electron chi connectivity index (χ3n) is 2.06. The molecule has 1 unspecified atom stereocenters. The van der Waals surface area contributed by atoms with Crippen LogP contribution in [0.15, 0.2) is 28.7 Å². The number of hydrogen-bond acceptors (Lipinski definition) is 2. The van der Waals surface area contributed by atoms with Gasteiger partial charge in [-0.25, -0.2) is 0 Å². The predicted molar refractivity (Wildman–Crippen MR) is 62.9 cm³/mol. The molecule has 0 fully saturated rings. The number of nitrogens with two attached hydrogens (primary N) is 1. The van der Waals surface area contributed by atoms with Crippen molar-refractivity contribution in [3.8, 4) is 5.75 Å². The largest absolute Gasteiger partial charge is 0.494 e. The van der Waals surface area contributed by atoms with Gasteiger partial charge in [0.1, 0.15) is 5.75 Å². The van der Waals surface area contributed by atoms with Crippen molar-refractivity contribution in [1.82, 2.24) is 0 Å². The van der Waals surface area contributed by atoms with E-state index in [1.165, 1.54) is 0 Å². The summed E-state index contributed by atoms with van der Waals surface area (Å²) in [6.07, 6.45) is -5.01. The van der Waals surface area contributed by atoms with Gasteiger partial charge in [-0.1, -0.05) is 15.9 Å². The minimum atomic E-state index is -4.21. The van der Waals surface area contributed by atoms with Crippen LogP contribution in [-0.4, -0.2) is 18.8 Å². The number of alkyl halides is 3. The molecule has 0 saturated carbocycles. The van der Waals surface area contributed by atoms with Gasteiger partial charge in [-0.15, -0.1) is 0 Å². The molecule has 17 heavy (non-hydrogen) atoms. The molecule has 0 aliphatic heterocycles. The number of hydrogen-bond donors (Lipinski definition) is 1. The van der Waals surface area contributed by atoms with Crippen molar-refractivity contribution in [2.24, 2.45) is 5.73 Å². The van der Waals surface area contributed by atoms with Gasteiger partial charge in [0.2, 0.25) is 0 Å². The molecule has 0 spiro atoms. The Bertz CT molecular complexity index is 340. The summed E-state index contributed by atoms with van der Waals surface area (Å²) in [6, 6.07) is 6.15. The van der Waals surface area contributed by atoms with E-state index in [4.69, 9.17) is 10.5 Å². The second-order valence-electron chi connectivity index (χ2n) is 3.67. The zero-order chi connectivity index (χ0) is 12.9. The van der Waals surface area contributed by atoms with E-state index in [9.17, 15) is 13.2 Å². The second-order valence-corrected chi connectivity index (χ2v) is 4.59. The van der Waals surface area contributed by atoms with Crippen LogP contribution in [0.5, 0.6) is 5.75 Å². The fourth-order valence-electron chi connectivity index (χ4n) is 1.26. The molecule has 0 bridgehead atoms. The highest BCUT2D eigenvalue weighted by atomic mass is 79.9. The van der Waals surface area contributed by atoms with Crippen LogP contribution in [0.1, 0.15) is 12.8 Å². The first kappa shape index (κ1) is 14.3. The Balaban J connectivity index is 2.26. The minimum Gasteiger partial charge on any atom is -0.494 e. The van der Waals surface area contributed by atoms with Crippen molar-refractivity contribution in [3.63, 3.8) is 0 Å². The van der Waals surface area contributed by atoms with E-state index in [0.717, 1.165) is 4.47 Å². The Morgan fingerprint density at radius 1 is 1.24 bits per heavy atom. The van der Waals surface area contributed by atoms with Crippen molar-refractivity contribution in [1.29, 1.82) is 0 Å². The van der Waals surface area contributed by atoms with Crippen LogP contribution in [-0.2, 0) is 0 Å². The summed E-state index contributed by atoms with van der Waals surface area (Å²) >= 11 is 3.27. The summed E-state index contributed by atoms with van der Waals surface area (Å²) in [5, 5.41) is 0. The average Bonchev–Trinajstić information content (AvgIpc) is 2.18. The Hall–Kier alpha value is -0.750. The number of rotatable bonds is 5. The second kappa shape index (κ2) is 6.26. The van der Waals surface area contributed by atoms with Gasteiger partial charge in [-0.3, -0.25) is 0 Å². The molecule has 1 aromatic rings. The standard InChI is InChI=1S/C11H13BrF3NO/c12-8-1-3-10(4-2-8)17-6-5-9(16)7-11(13,14)15/h1-4,9H,5-7,16H2. The van der Waals surface area contributed by atoms with Crippen LogP contribution in [0.25, 0.3) is 0 Å². The molecule has 0 saturated heterocycles. The van der Waals surface area contributed by atoms with E-state index >= 15 is 0 Å². The van der Waals surface area contributed by atoms with Crippen molar-refractivity contribution >= 4 is 15.9 Å². The summed E-state index contributed by atoms with van der Waals surface area (Å²) < 4.78 is 42.1. The number of ether oxygens (including phenoxy) is 1. The van der Waals surface area contributed by atoms with Crippen molar-refractivity contribution < 1.29 is 17.9 Å². The fraction of sp³-hybridized carbons (Fsp3) is 0.455. The lowest BCUT2D eigenvalue weighted by Crippen LogP contribution is -2.29. The summed E-state index contributed by atoms with van der Waals surface area (Å²) in [7, 11) is 0. The Morgan fingerprint density at radius 3 is 2.35 bits per heavy atom. The molecule has 0 radical (unpaired) electrons. The van der Waals surface area contributed by atoms with Crippen LogP contribution < -0.4 is 10.5 Å². The Kier molecular flexibility index (Phi) is 5.27. The molecule has 0 amide bonds. The molecule has 2 nitrogen and oxygen atoms in total. The van der Waals surface area contributed by atoms with E-state index in [1.807, 2.05) is 0 Å². The predicted octanol–water partition coefficient (Wildman–Crippen LogP) is 3.50. The zero-order valence-corrected chi connectivity index (χ0v) is 10.6. The molecule has 96 valence electrons. The van der Waals surface area contributed by atoms with Crippen LogP contribution in [0.2, 0.25) is 0 Å². The van der Waals surface area contributed by atoms with E-state index < -0.39 is 18.6 Å². The maximum Gasteiger partial charge on any atom is 0.390 e. The molecule has 1 aromatic carbocycles. The van der Waals surface area contributed by atoms with Gasteiger partial charge in [0, 0.05) is 10.5 Å². The number of halogens is 4. The first-order valence-electron chi connectivity index (χ1n) is 5.07. The maximum atomic E-state index is 12.0. The van der Waals surface area contributed by atoms with Gasteiger partial charge in [-0.2, -0.15) is 13.2 Å². The number of benzene rings is 1. The third-order valence-corrected chi connectivity index (χ3v) is 2.59. The normalized spacial score (nSPS) is 13.5. The van der Waals surface area contributed by atoms with Crippen LogP contribution in [0.4, 0.5) is 13.2 Å². The van der Waals surface area contributed by atoms with Gasteiger partial charge < -0.3 is 10.5 Å². The highest BCUT2D eigenvalue weighted by Gasteiger charge is 2.30. The van der Waals surface area contributed by atoms with Crippen molar-refractivity contribution in [3.05, 3.63) is 28.7 Å². The highest BCUT2D eigenvalue weighted by Crippen LogP contribution is 2.22. The Labute approximate surface area is 106 Å². The molecule has 2 N–H and O–H groups in total. The topological polar surface area (TPSA) is 35.2 Å². The van der Waals surface area contributed by atoms with Crippen LogP contribution in [0, 0.1) is 0 Å². The summed E-state index contributed by atoms with van der Waals surface area (Å²) in [6.45, 7) is 0.179. The molecule has 0 aliphatic rings. The van der Waals surface area contributed by atoms with Gasteiger partial charge in [0.25, 0.3) is 0 Å². The summed E-state index contributed by atoms with van der Waals surface area (Å²) in [4.78, 5) is 0. The van der Waals surface area contributed by atoms with E-state index in [1.54, 1.807) is 24.3 Å². The fourth-order valence-corrected chi connectivity index (χ4v) is 1.52. The van der Waals surface area contributed by atoms with Gasteiger partial charge in [0.15, 0.2) is 0 Å². The lowest BCUT2D eigenvalue weighted by atomic mass is 10.1. The smallest absolute Gasteiger partial charge is 0.390 e. The first-order chi connectivity index (χ1) is 7.87. The van der Waals surface area contributed by atoms with E-state index in [-0.39, 0.29) is 13.0 Å². The van der Waals surface area contributed by atoms with Crippen molar-refractivity contribution in [2.75, 3.05) is 6.61 Å². The quantitative estimate of drug-likeness (QED) is 0.903. The third kappa shape index (κ3) is 6.53. The molecule has 1 atom stereocenters. The minimum absolute atomic E-state index is 0.176. The van der Waals surface area contributed by atoms with Crippen molar-refractivity contribution in [2.45, 2.75) is 25.1 Å². The highest BCUT2D eigenvalue weighted by molar-refractivity contribution is 9.10. The molecule has 0 aromatic heterocycles. The van der Waals surface area contributed by atoms with E-state index in [0.29, 0.717) is 5.75 Å². The molecule has 1 rings (SSSR count). The van der Waals surface area contributed by atoms with Gasteiger partial charge in [0.05, 0.1) is 13.0 Å². The molecule has 6 heteroatoms. The van der Waals surface area contributed by atoms with Gasteiger partial charge >= 0.3 is 6.18 Å². The first-order valence-corrected chi connectivity index (χ1v) is 5.87. The summed E-state index contributed by atoms with van der Waals surface area (Å²) in [5.41, 5.74) is 5.34. The molecule has 0 heterocycles. The molecular weight excluding hydrogens is 299 g/mol. The van der Waals surface area contributed by atoms with Gasteiger partial charge in [-0.05, 0) is 30.7 Å². The van der Waals surface area contributed by atoms with Crippen LogP contribution >= 0.6 is 15.9 Å². The van der Waals surface area contributed by atoms with Crippen LogP contribution in [0.3, 0.4) is 0 Å². The summed E-state index contributed by atoms with van der Waals surface area (Å²) in [5.74, 6) is 0.618. The average molecular weight is 312 g/mol. The lowest BCUT2D eigenvalue weighted by molar-refractivity contribution is -0.138. The lowest BCUT2D eigenvalue weighted by Gasteiger charge is -2.14. The SMILES string of the molecule is NC(CCOc1ccc(Br)cc1)CC(F)(F)F. The molecular formula is C11H13BrF3NO. The monoisotopic (exact) mass is 311 g/mol. The molecule has 0 aliphatic carbocycles. The van der Waals surface area contributed by atoms with E-state index in [2.05, 4.69) is 15.9 Å². The zero-order valence-electron chi connectivity index (χ0n) is 9.01.